The van der Waals surface area contributed by atoms with E-state index in [0.29, 0.717) is 6.42 Å². The molecule has 2 heterocycles. The molecule has 23 heavy (non-hydrogen) atoms. The number of allylic oxidation sites excluding steroid dienone is 2. The van der Waals surface area contributed by atoms with Gasteiger partial charge in [-0.05, 0) is 18.1 Å². The van der Waals surface area contributed by atoms with E-state index in [2.05, 4.69) is 30.4 Å². The molecule has 114 valence electrons. The van der Waals surface area contributed by atoms with Crippen LogP contribution in [0.1, 0.15) is 12.5 Å². The molecule has 2 radical (unpaired) electrons. The zero-order valence-corrected chi connectivity index (χ0v) is 21.1. The fourth-order valence-electron chi connectivity index (χ4n) is 3.70. The van der Waals surface area contributed by atoms with Gasteiger partial charge in [-0.1, -0.05) is 29.5 Å². The zero-order chi connectivity index (χ0) is 13.9. The van der Waals surface area contributed by atoms with Crippen LogP contribution >= 0.6 is 0 Å². The monoisotopic (exact) mass is 642 g/mol. The minimum Gasteiger partial charge on any atom is -0.426 e. The molecule has 0 spiro atoms. The Kier molecular flexibility index (Phi) is 8.07. The minimum atomic E-state index is -0.212. The summed E-state index contributed by atoms with van der Waals surface area (Å²) in [4.78, 5) is 25.9. The van der Waals surface area contributed by atoms with E-state index < -0.39 is 0 Å². The van der Waals surface area contributed by atoms with Crippen molar-refractivity contribution < 1.29 is 92.0 Å². The average Bonchev–Trinajstić information content (AvgIpc) is 2.99. The molecule has 4 rings (SSSR count). The molecule has 0 aromatic heterocycles. The Morgan fingerprint density at radius 2 is 1.96 bits per heavy atom. The summed E-state index contributed by atoms with van der Waals surface area (Å²) in [5.74, 6) is 0.00924. The molecule has 6 heteroatoms. The third-order valence-electron chi connectivity index (χ3n) is 4.52. The first kappa shape index (κ1) is 21.9. The number of nitrogens with zero attached hydrogens (tertiary/aromatic N) is 1. The third-order valence-corrected chi connectivity index (χ3v) is 4.52. The average molecular weight is 642 g/mol. The number of carbonyl (C=O) groups is 1. The molecule has 0 bridgehead atoms. The normalized spacial score (nSPS) is 27.1. The second-order valence-corrected chi connectivity index (χ2v) is 5.72. The standard InChI is InChI=1S/C17H14NO2.U.V.Y/c1-10-6-12-15(7-10)18-14-5-3-2-4-11(14)8-16(18)13(9-19)17(12)20;;;/h2-7,10,12,15H,8H2,1H3;;;/q-3;;;. The molecular weight excluding hydrogens is 628 g/mol. The van der Waals surface area contributed by atoms with Gasteiger partial charge in [-0.2, -0.15) is 5.92 Å². The van der Waals surface area contributed by atoms with Gasteiger partial charge >= 0.3 is 0 Å². The molecule has 3 atom stereocenters. The van der Waals surface area contributed by atoms with Crippen LogP contribution in [0.4, 0.5) is 5.69 Å². The van der Waals surface area contributed by atoms with E-state index in [0.717, 1.165) is 11.4 Å². The van der Waals surface area contributed by atoms with Crippen molar-refractivity contribution in [3.63, 3.8) is 0 Å². The molecule has 3 nitrogen and oxygen atoms in total. The maximum atomic E-state index is 12.5. The molecule has 0 saturated heterocycles. The molecule has 1 saturated carbocycles. The van der Waals surface area contributed by atoms with Crippen LogP contribution in [0.15, 0.2) is 35.5 Å². The van der Waals surface area contributed by atoms with Crippen LogP contribution in [-0.2, 0) is 67.3 Å². The van der Waals surface area contributed by atoms with Crippen molar-refractivity contribution >= 4 is 17.8 Å². The number of hydrogen-bond donors (Lipinski definition) is 0. The molecule has 3 unspecified atom stereocenters. The number of ketones is 1. The molecule has 1 fully saturated rings. The Bertz CT molecular complexity index is 664. The van der Waals surface area contributed by atoms with Gasteiger partial charge in [-0.25, -0.2) is 0 Å². The number of fused-ring (bicyclic) bond motifs is 5. The van der Waals surface area contributed by atoms with Crippen LogP contribution in [0, 0.1) is 55.8 Å². The van der Waals surface area contributed by atoms with Crippen LogP contribution in [0.5, 0.6) is 0 Å². The number of benzene rings is 1. The van der Waals surface area contributed by atoms with Gasteiger partial charge < -0.3 is 33.2 Å². The molecule has 2 aliphatic heterocycles. The van der Waals surface area contributed by atoms with Crippen molar-refractivity contribution in [1.29, 1.82) is 0 Å². The van der Waals surface area contributed by atoms with Crippen molar-refractivity contribution in [2.24, 2.45) is 11.8 Å². The van der Waals surface area contributed by atoms with Crippen LogP contribution in [-0.4, -0.2) is 18.1 Å². The fourth-order valence-corrected chi connectivity index (χ4v) is 3.70. The summed E-state index contributed by atoms with van der Waals surface area (Å²) in [6, 6.07) is 8.17. The van der Waals surface area contributed by atoms with Crippen molar-refractivity contribution in [3.8, 4) is 0 Å². The maximum Gasteiger partial charge on any atom is 0.0677 e. The number of para-hydroxylation sites is 1. The predicted octanol–water partition coefficient (Wildman–Crippen LogP) is 2.03. The van der Waals surface area contributed by atoms with E-state index in [4.69, 9.17) is 0 Å². The SMILES string of the molecule is CC1[CH-]C2C(=O)C([C-]=O)=C3Cc4ccccc4N3C2[CH-]1.[U].[V].[Y]. The van der Waals surface area contributed by atoms with Crippen LogP contribution in [0.3, 0.4) is 0 Å². The van der Waals surface area contributed by atoms with Crippen LogP contribution < -0.4 is 4.90 Å². The molecule has 1 aromatic carbocycles. The van der Waals surface area contributed by atoms with Gasteiger partial charge in [0.2, 0.25) is 0 Å². The van der Waals surface area contributed by atoms with Gasteiger partial charge in [0, 0.05) is 93.8 Å². The summed E-state index contributed by atoms with van der Waals surface area (Å²) >= 11 is 0. The van der Waals surface area contributed by atoms with Crippen LogP contribution in [0.2, 0.25) is 0 Å². The number of Topliss-reactive ketones (excluding diaryl/α,β-unsaturated/α-hetero) is 1. The van der Waals surface area contributed by atoms with E-state index in [-0.39, 0.29) is 112 Å². The van der Waals surface area contributed by atoms with Gasteiger partial charge in [0.1, 0.15) is 0 Å². The van der Waals surface area contributed by atoms with Gasteiger partial charge in [-0.3, -0.25) is 0 Å². The predicted molar refractivity (Wildman–Crippen MR) is 75.4 cm³/mol. The summed E-state index contributed by atoms with van der Waals surface area (Å²) in [5.41, 5.74) is 3.36. The van der Waals surface area contributed by atoms with E-state index >= 15 is 0 Å². The second kappa shape index (κ2) is 8.48. The Morgan fingerprint density at radius 3 is 2.65 bits per heavy atom. The topological polar surface area (TPSA) is 37.4 Å². The summed E-state index contributed by atoms with van der Waals surface area (Å²) in [6.07, 6.45) is 6.79. The maximum absolute atomic E-state index is 12.5. The van der Waals surface area contributed by atoms with Crippen molar-refractivity contribution in [1.82, 2.24) is 0 Å². The first-order valence-corrected chi connectivity index (χ1v) is 6.93. The van der Waals surface area contributed by atoms with Gasteiger partial charge in [0.25, 0.3) is 0 Å². The summed E-state index contributed by atoms with van der Waals surface area (Å²) in [5, 5.41) is 0. The van der Waals surface area contributed by atoms with E-state index in [1.54, 1.807) is 0 Å². The summed E-state index contributed by atoms with van der Waals surface area (Å²) < 4.78 is 0. The molecular formula is C17H14NO2UVY-3. The first-order valence-electron chi connectivity index (χ1n) is 6.93. The zero-order valence-electron chi connectivity index (χ0n) is 12.7. The van der Waals surface area contributed by atoms with Gasteiger partial charge in [0.05, 0.1) is 6.29 Å². The van der Waals surface area contributed by atoms with Crippen molar-refractivity contribution in [3.05, 3.63) is 53.9 Å². The van der Waals surface area contributed by atoms with E-state index in [1.165, 1.54) is 5.56 Å². The molecule has 1 aromatic rings. The fraction of sp³-hybridized carbons (Fsp3) is 0.294. The van der Waals surface area contributed by atoms with Crippen molar-refractivity contribution in [2.75, 3.05) is 4.90 Å². The summed E-state index contributed by atoms with van der Waals surface area (Å²) in [6.45, 7) is 2.08. The van der Waals surface area contributed by atoms with Crippen molar-refractivity contribution in [2.45, 2.75) is 19.4 Å². The van der Waals surface area contributed by atoms with Crippen LogP contribution in [0.25, 0.3) is 0 Å². The second-order valence-electron chi connectivity index (χ2n) is 5.72. The Hall–Kier alpha value is 0.840. The Labute approximate surface area is 197 Å². The molecule has 1 aliphatic carbocycles. The summed E-state index contributed by atoms with van der Waals surface area (Å²) in [7, 11) is 0. The number of hydrogen-bond acceptors (Lipinski definition) is 3. The number of rotatable bonds is 1. The Balaban J connectivity index is 0.000000882. The largest absolute Gasteiger partial charge is 0.426 e. The quantitative estimate of drug-likeness (QED) is 0.348. The molecule has 0 N–H and O–H groups in total. The van der Waals surface area contributed by atoms with Gasteiger partial charge in [0.15, 0.2) is 0 Å². The Morgan fingerprint density at radius 1 is 1.26 bits per heavy atom. The smallest absolute Gasteiger partial charge is 0.0677 e. The molecule has 3 aliphatic rings. The number of anilines is 1. The van der Waals surface area contributed by atoms with E-state index in [9.17, 15) is 9.59 Å². The number of carbonyl (C=O) groups excluding carboxylic acids is 2. The first-order chi connectivity index (χ1) is 9.70. The molecule has 0 amide bonds. The third kappa shape index (κ3) is 3.42. The van der Waals surface area contributed by atoms with Gasteiger partial charge in [-0.15, -0.1) is 13.0 Å². The minimum absolute atomic E-state index is 0. The van der Waals surface area contributed by atoms with E-state index in [1.807, 2.05) is 24.8 Å².